The van der Waals surface area contributed by atoms with Gasteiger partial charge in [0.05, 0.1) is 17.8 Å². The van der Waals surface area contributed by atoms with Crippen molar-refractivity contribution in [1.29, 1.82) is 0 Å². The normalized spacial score (nSPS) is 21.0. The fourth-order valence-electron chi connectivity index (χ4n) is 2.54. The number of carbonyl (C=O) groups is 3. The zero-order valence-electron chi connectivity index (χ0n) is 15.2. The van der Waals surface area contributed by atoms with Crippen LogP contribution in [0.1, 0.15) is 53.9 Å². The van der Waals surface area contributed by atoms with Crippen molar-refractivity contribution in [2.45, 2.75) is 76.9 Å². The summed E-state index contributed by atoms with van der Waals surface area (Å²) in [5.74, 6) is -0.734. The van der Waals surface area contributed by atoms with Crippen molar-refractivity contribution in [1.82, 2.24) is 5.32 Å². The molecule has 1 unspecified atom stereocenters. The van der Waals surface area contributed by atoms with Crippen LogP contribution in [0.2, 0.25) is 6.32 Å². The maximum atomic E-state index is 12.0. The van der Waals surface area contributed by atoms with Gasteiger partial charge in [-0.25, -0.2) is 4.79 Å². The number of carbonyl (C=O) groups excluding carboxylic acids is 3. The van der Waals surface area contributed by atoms with E-state index in [1.54, 1.807) is 6.92 Å². The van der Waals surface area contributed by atoms with E-state index in [1.807, 2.05) is 27.7 Å². The van der Waals surface area contributed by atoms with Gasteiger partial charge < -0.3 is 24.2 Å². The van der Waals surface area contributed by atoms with E-state index in [1.165, 1.54) is 0 Å². The number of hydrogen-bond acceptors (Lipinski definition) is 6. The summed E-state index contributed by atoms with van der Waals surface area (Å²) >= 11 is 0. The number of aldehydes is 1. The summed E-state index contributed by atoms with van der Waals surface area (Å²) in [7, 11) is -0.317. The number of rotatable bonds is 10. The fourth-order valence-corrected chi connectivity index (χ4v) is 2.54. The van der Waals surface area contributed by atoms with E-state index in [4.69, 9.17) is 14.0 Å². The molecule has 0 saturated carbocycles. The SMILES string of the molecule is CCOC(=O)C(C=O)(CCCCB1OC(C)(C)C(C)(C)O1)NC=O. The lowest BCUT2D eigenvalue weighted by Gasteiger charge is -2.32. The van der Waals surface area contributed by atoms with Crippen LogP contribution in [-0.2, 0) is 28.4 Å². The summed E-state index contributed by atoms with van der Waals surface area (Å²) in [4.78, 5) is 34.1. The summed E-state index contributed by atoms with van der Waals surface area (Å²) in [5, 5.41) is 2.30. The van der Waals surface area contributed by atoms with Gasteiger partial charge in [0.25, 0.3) is 0 Å². The summed E-state index contributed by atoms with van der Waals surface area (Å²) in [5.41, 5.74) is -2.38. The molecule has 0 aromatic heterocycles. The lowest BCUT2D eigenvalue weighted by atomic mass is 9.81. The molecular formula is C16H28BNO6. The Hall–Kier alpha value is -1.41. The number of hydrogen-bond donors (Lipinski definition) is 1. The minimum absolute atomic E-state index is 0.142. The van der Waals surface area contributed by atoms with Gasteiger partial charge in [-0.1, -0.05) is 12.8 Å². The molecule has 0 radical (unpaired) electrons. The Morgan fingerprint density at radius 2 is 1.75 bits per heavy atom. The third-order valence-corrected chi connectivity index (χ3v) is 4.72. The van der Waals surface area contributed by atoms with Crippen LogP contribution < -0.4 is 5.32 Å². The van der Waals surface area contributed by atoms with Gasteiger partial charge >= 0.3 is 13.1 Å². The van der Waals surface area contributed by atoms with Crippen LogP contribution >= 0.6 is 0 Å². The first-order valence-corrected chi connectivity index (χ1v) is 8.34. The molecule has 0 aromatic rings. The predicted octanol–water partition coefficient (Wildman–Crippen LogP) is 1.50. The average molecular weight is 341 g/mol. The zero-order valence-corrected chi connectivity index (χ0v) is 15.2. The molecule has 1 rings (SSSR count). The number of unbranched alkanes of at least 4 members (excludes halogenated alkanes) is 1. The van der Waals surface area contributed by atoms with E-state index in [2.05, 4.69) is 5.32 Å². The largest absolute Gasteiger partial charge is 0.464 e. The van der Waals surface area contributed by atoms with Crippen molar-refractivity contribution in [3.05, 3.63) is 0 Å². The van der Waals surface area contributed by atoms with Gasteiger partial charge in [0.2, 0.25) is 6.41 Å². The third-order valence-electron chi connectivity index (χ3n) is 4.72. The summed E-state index contributed by atoms with van der Waals surface area (Å²) in [6.07, 6.45) is 2.84. The molecule has 136 valence electrons. The van der Waals surface area contributed by atoms with Crippen molar-refractivity contribution in [2.75, 3.05) is 6.61 Å². The molecule has 1 aliphatic heterocycles. The second kappa shape index (κ2) is 8.12. The maximum Gasteiger partial charge on any atom is 0.457 e. The molecule has 24 heavy (non-hydrogen) atoms. The Bertz CT molecular complexity index is 451. The molecule has 1 atom stereocenters. The van der Waals surface area contributed by atoms with Crippen molar-refractivity contribution in [2.24, 2.45) is 0 Å². The summed E-state index contributed by atoms with van der Waals surface area (Å²) in [6, 6.07) is 0. The second-order valence-corrected chi connectivity index (χ2v) is 7.00. The minimum atomic E-state index is -1.62. The van der Waals surface area contributed by atoms with Gasteiger partial charge in [0, 0.05) is 0 Å². The van der Waals surface area contributed by atoms with E-state index in [0.717, 1.165) is 0 Å². The van der Waals surface area contributed by atoms with Gasteiger partial charge in [0.1, 0.15) is 0 Å². The Kier molecular flexibility index (Phi) is 6.98. The molecule has 1 saturated heterocycles. The highest BCUT2D eigenvalue weighted by atomic mass is 16.7. The van der Waals surface area contributed by atoms with Crippen molar-refractivity contribution in [3.63, 3.8) is 0 Å². The van der Waals surface area contributed by atoms with Gasteiger partial charge in [-0.15, -0.1) is 0 Å². The zero-order chi connectivity index (χ0) is 18.4. The average Bonchev–Trinajstić information content (AvgIpc) is 2.70. The second-order valence-electron chi connectivity index (χ2n) is 7.00. The lowest BCUT2D eigenvalue weighted by molar-refractivity contribution is -0.154. The van der Waals surface area contributed by atoms with Crippen molar-refractivity contribution >= 4 is 25.8 Å². The van der Waals surface area contributed by atoms with Gasteiger partial charge in [-0.2, -0.15) is 0 Å². The predicted molar refractivity (Wildman–Crippen MR) is 89.4 cm³/mol. The van der Waals surface area contributed by atoms with Crippen LogP contribution in [0.15, 0.2) is 0 Å². The molecule has 0 bridgehead atoms. The topological polar surface area (TPSA) is 90.9 Å². The molecule has 1 aliphatic rings. The number of amides is 1. The van der Waals surface area contributed by atoms with E-state index in [-0.39, 0.29) is 31.3 Å². The number of ether oxygens (including phenoxy) is 1. The quantitative estimate of drug-likeness (QED) is 0.213. The smallest absolute Gasteiger partial charge is 0.457 e. The Morgan fingerprint density at radius 1 is 1.17 bits per heavy atom. The molecule has 1 N–H and O–H groups in total. The lowest BCUT2D eigenvalue weighted by Crippen LogP contribution is -2.54. The first-order valence-electron chi connectivity index (χ1n) is 8.34. The van der Waals surface area contributed by atoms with Crippen LogP contribution in [0.4, 0.5) is 0 Å². The molecule has 8 heteroatoms. The summed E-state index contributed by atoms with van der Waals surface area (Å²) in [6.45, 7) is 9.73. The first-order chi connectivity index (χ1) is 11.1. The molecule has 0 aromatic carbocycles. The van der Waals surface area contributed by atoms with E-state index >= 15 is 0 Å². The minimum Gasteiger partial charge on any atom is -0.464 e. The van der Waals surface area contributed by atoms with Crippen LogP contribution in [0.25, 0.3) is 0 Å². The van der Waals surface area contributed by atoms with Gasteiger partial charge in [-0.3, -0.25) is 4.79 Å². The van der Waals surface area contributed by atoms with Crippen LogP contribution in [0.5, 0.6) is 0 Å². The highest BCUT2D eigenvalue weighted by molar-refractivity contribution is 6.45. The van der Waals surface area contributed by atoms with Crippen LogP contribution in [0, 0.1) is 0 Å². The Morgan fingerprint density at radius 3 is 2.21 bits per heavy atom. The molecule has 1 fully saturated rings. The van der Waals surface area contributed by atoms with Crippen molar-refractivity contribution in [3.8, 4) is 0 Å². The van der Waals surface area contributed by atoms with Crippen molar-refractivity contribution < 1.29 is 28.4 Å². The molecule has 0 spiro atoms. The van der Waals surface area contributed by atoms with Crippen LogP contribution in [0.3, 0.4) is 0 Å². The standard InChI is InChI=1S/C16H28BNO6/c1-6-22-13(21)16(11-19,18-12-20)9-7-8-10-17-23-14(2,3)15(4,5)24-17/h11-12H,6-10H2,1-5H3,(H,18,20). The van der Waals surface area contributed by atoms with Gasteiger partial charge in [-0.05, 0) is 47.4 Å². The highest BCUT2D eigenvalue weighted by Gasteiger charge is 2.50. The Balaban J connectivity index is 2.53. The van der Waals surface area contributed by atoms with E-state index in [0.29, 0.717) is 31.9 Å². The number of nitrogens with one attached hydrogen (secondary N) is 1. The first kappa shape index (κ1) is 20.6. The third kappa shape index (κ3) is 4.57. The fraction of sp³-hybridized carbons (Fsp3) is 0.812. The molecule has 1 amide bonds. The molecular weight excluding hydrogens is 313 g/mol. The Labute approximate surface area is 143 Å². The molecule has 7 nitrogen and oxygen atoms in total. The highest BCUT2D eigenvalue weighted by Crippen LogP contribution is 2.38. The number of esters is 1. The maximum absolute atomic E-state index is 12.0. The monoisotopic (exact) mass is 341 g/mol. The summed E-state index contributed by atoms with van der Waals surface area (Å²) < 4.78 is 16.7. The molecule has 1 heterocycles. The molecule has 0 aliphatic carbocycles. The van der Waals surface area contributed by atoms with Crippen LogP contribution in [-0.4, -0.2) is 49.1 Å². The van der Waals surface area contributed by atoms with E-state index < -0.39 is 11.5 Å². The van der Waals surface area contributed by atoms with Gasteiger partial charge in [0.15, 0.2) is 11.8 Å². The van der Waals surface area contributed by atoms with E-state index in [9.17, 15) is 14.4 Å².